The molecule has 0 atom stereocenters. The highest BCUT2D eigenvalue weighted by Crippen LogP contribution is 2.15. The predicted octanol–water partition coefficient (Wildman–Crippen LogP) is 4.50. The lowest BCUT2D eigenvalue weighted by Crippen LogP contribution is -2.08. The van der Waals surface area contributed by atoms with Crippen molar-refractivity contribution in [3.63, 3.8) is 0 Å². The number of hydrogen-bond donors (Lipinski definition) is 4. The number of methoxy groups -OCH3 is 2. The van der Waals surface area contributed by atoms with Crippen LogP contribution in [0, 0.1) is 27.8 Å². The van der Waals surface area contributed by atoms with E-state index < -0.39 is 32.2 Å². The van der Waals surface area contributed by atoms with Crippen LogP contribution in [0.4, 0.5) is 0 Å². The average Bonchev–Trinajstić information content (AvgIpc) is 3.87. The molecular formula is C42H47IN2O15S2. The quantitative estimate of drug-likeness (QED) is 0.0446. The molecule has 62 heavy (non-hydrogen) atoms. The molecule has 20 heteroatoms. The Balaban J connectivity index is 0.000000326. The first-order valence-corrected chi connectivity index (χ1v) is 22.8. The summed E-state index contributed by atoms with van der Waals surface area (Å²) in [6.07, 6.45) is 8.19. The highest BCUT2D eigenvalue weighted by atomic mass is 127. The Morgan fingerprint density at radius 2 is 1.11 bits per heavy atom. The first-order valence-electron chi connectivity index (χ1n) is 18.5. The second-order valence-electron chi connectivity index (χ2n) is 12.4. The van der Waals surface area contributed by atoms with Crippen molar-refractivity contribution in [2.45, 2.75) is 38.9 Å². The smallest absolute Gasteiger partial charge is 0.356 e. The molecule has 334 valence electrons. The van der Waals surface area contributed by atoms with Crippen molar-refractivity contribution >= 4 is 54.8 Å². The van der Waals surface area contributed by atoms with Crippen molar-refractivity contribution in [1.29, 1.82) is 0 Å². The third-order valence-corrected chi connectivity index (χ3v) is 9.84. The summed E-state index contributed by atoms with van der Waals surface area (Å²) in [5, 5.41) is 18.1. The lowest BCUT2D eigenvalue weighted by Gasteiger charge is -2.05. The lowest BCUT2D eigenvalue weighted by molar-refractivity contribution is 0.0584. The van der Waals surface area contributed by atoms with Gasteiger partial charge in [-0.15, -0.1) is 6.42 Å². The average molecular weight is 1010 g/mol. The molecule has 2 aromatic heterocycles. The summed E-state index contributed by atoms with van der Waals surface area (Å²) >= 11 is 2.18. The summed E-state index contributed by atoms with van der Waals surface area (Å²) < 4.78 is 85.0. The van der Waals surface area contributed by atoms with Gasteiger partial charge in [0.05, 0.1) is 63.5 Å². The van der Waals surface area contributed by atoms with Gasteiger partial charge in [-0.2, -0.15) is 16.8 Å². The van der Waals surface area contributed by atoms with Crippen LogP contribution in [0.2, 0.25) is 0 Å². The number of ether oxygens (including phenoxy) is 5. The topological polar surface area (TPSA) is 255 Å². The van der Waals surface area contributed by atoms with Gasteiger partial charge in [0.25, 0.3) is 20.2 Å². The number of aliphatic hydroxyl groups excluding tert-OH is 2. The molecule has 2 aromatic carbocycles. The van der Waals surface area contributed by atoms with Gasteiger partial charge >= 0.3 is 11.9 Å². The molecule has 4 aromatic rings. The number of esters is 2. The van der Waals surface area contributed by atoms with Gasteiger partial charge in [0, 0.05) is 33.5 Å². The van der Waals surface area contributed by atoms with Gasteiger partial charge in [0.15, 0.2) is 0 Å². The summed E-state index contributed by atoms with van der Waals surface area (Å²) in [6.45, 7) is 1.84. The summed E-state index contributed by atoms with van der Waals surface area (Å²) in [6, 6.07) is 20.3. The summed E-state index contributed by atoms with van der Waals surface area (Å²) in [7, 11) is -5.35. The van der Waals surface area contributed by atoms with Crippen LogP contribution in [0.3, 0.4) is 0 Å². The van der Waals surface area contributed by atoms with Gasteiger partial charge in [-0.05, 0) is 121 Å². The van der Waals surface area contributed by atoms with E-state index >= 15 is 0 Å². The number of aliphatic hydroxyl groups is 2. The number of halogens is 1. The first-order chi connectivity index (χ1) is 29.5. The minimum absolute atomic E-state index is 0.0620. The van der Waals surface area contributed by atoms with Gasteiger partial charge in [-0.25, -0.2) is 19.6 Å². The molecule has 0 unspecified atom stereocenters. The van der Waals surface area contributed by atoms with Crippen LogP contribution in [0.15, 0.2) is 72.8 Å². The van der Waals surface area contributed by atoms with Gasteiger partial charge < -0.3 is 33.9 Å². The maximum atomic E-state index is 11.6. The molecule has 0 spiro atoms. The fraction of sp³-hybridized carbons (Fsp3) is 0.333. The normalized spacial score (nSPS) is 11.6. The Morgan fingerprint density at radius 3 is 1.50 bits per heavy atom. The van der Waals surface area contributed by atoms with E-state index in [1.807, 2.05) is 24.3 Å². The van der Waals surface area contributed by atoms with Crippen molar-refractivity contribution in [1.82, 2.24) is 9.97 Å². The van der Waals surface area contributed by atoms with Crippen molar-refractivity contribution in [2.75, 3.05) is 52.2 Å². The largest absolute Gasteiger partial charge is 0.494 e. The summed E-state index contributed by atoms with van der Waals surface area (Å²) in [5.74, 6) is 7.62. The van der Waals surface area contributed by atoms with Crippen LogP contribution in [-0.4, -0.2) is 110 Å². The zero-order valence-electron chi connectivity index (χ0n) is 33.9. The molecule has 3 heterocycles. The predicted molar refractivity (Wildman–Crippen MR) is 236 cm³/mol. The number of terminal acetylenes is 1. The maximum absolute atomic E-state index is 11.6. The number of rotatable bonds is 14. The molecule has 1 saturated heterocycles. The van der Waals surface area contributed by atoms with Crippen LogP contribution in [0.5, 0.6) is 11.5 Å². The van der Waals surface area contributed by atoms with Crippen LogP contribution in [-0.2, 0) is 47.7 Å². The van der Waals surface area contributed by atoms with Gasteiger partial charge in [0.2, 0.25) is 0 Å². The molecule has 0 saturated carbocycles. The fourth-order valence-electron chi connectivity index (χ4n) is 4.59. The SMILES string of the molecule is C#Cc1cc(CO)nc(C(=O)OC)c1.C1CCOC1.COC(=O)c1cc(C#Cc2ccc(OCCCS(=O)(=O)O)cc2)cc(CO)n1.O=S(=O)(O)CCCOc1ccc(I)cc1. The molecule has 1 aliphatic rings. The number of benzene rings is 2. The van der Waals surface area contributed by atoms with E-state index in [4.69, 9.17) is 34.8 Å². The summed E-state index contributed by atoms with van der Waals surface area (Å²) in [4.78, 5) is 30.6. The molecular weight excluding hydrogens is 963 g/mol. The number of hydrogen-bond acceptors (Lipinski definition) is 15. The molecule has 1 fully saturated rings. The number of aromatic nitrogens is 2. The molecule has 1 aliphatic heterocycles. The van der Waals surface area contributed by atoms with Gasteiger partial charge in [-0.1, -0.05) is 17.8 Å². The molecule has 0 aliphatic carbocycles. The summed E-state index contributed by atoms with van der Waals surface area (Å²) in [5.41, 5.74) is 2.50. The second-order valence-corrected chi connectivity index (χ2v) is 16.8. The minimum atomic E-state index is -3.98. The van der Waals surface area contributed by atoms with Crippen molar-refractivity contribution in [3.8, 4) is 35.7 Å². The van der Waals surface area contributed by atoms with Crippen molar-refractivity contribution in [2.24, 2.45) is 0 Å². The van der Waals surface area contributed by atoms with E-state index in [0.29, 0.717) is 39.6 Å². The highest BCUT2D eigenvalue weighted by Gasteiger charge is 2.11. The Morgan fingerprint density at radius 1 is 0.694 bits per heavy atom. The number of carbonyl (C=O) groups is 2. The van der Waals surface area contributed by atoms with E-state index in [2.05, 4.69) is 59.8 Å². The first kappa shape index (κ1) is 53.0. The van der Waals surface area contributed by atoms with E-state index in [9.17, 15) is 31.5 Å². The maximum Gasteiger partial charge on any atom is 0.356 e. The monoisotopic (exact) mass is 1010 g/mol. The van der Waals surface area contributed by atoms with Crippen LogP contribution in [0.1, 0.15) is 74.7 Å². The number of carbonyl (C=O) groups excluding carboxylic acids is 2. The Bertz CT molecular complexity index is 2350. The molecule has 4 N–H and O–H groups in total. The number of nitrogens with zero attached hydrogens (tertiary/aromatic N) is 2. The number of pyridine rings is 2. The third kappa shape index (κ3) is 23.2. The molecule has 5 rings (SSSR count). The van der Waals surface area contributed by atoms with Crippen LogP contribution >= 0.6 is 22.6 Å². The zero-order chi connectivity index (χ0) is 46.0. The van der Waals surface area contributed by atoms with Crippen LogP contribution in [0.25, 0.3) is 0 Å². The molecule has 17 nitrogen and oxygen atoms in total. The van der Waals surface area contributed by atoms with Crippen molar-refractivity contribution in [3.05, 3.63) is 116 Å². The molecule has 0 bridgehead atoms. The van der Waals surface area contributed by atoms with Crippen LogP contribution < -0.4 is 9.47 Å². The Kier molecular flexibility index (Phi) is 24.3. The molecule has 0 amide bonds. The molecule has 0 radical (unpaired) electrons. The van der Waals surface area contributed by atoms with E-state index in [0.717, 1.165) is 16.8 Å². The standard InChI is InChI=1S/C19H19NO7S.C10H9NO3.C9H11IO4S.C4H8O/c1-26-19(22)18-12-15(11-16(13-21)20-18)4-3-14-5-7-17(8-6-14)27-9-2-10-28(23,24)25;1-3-7-4-8(6-12)11-9(5-7)10(13)14-2;10-8-2-4-9(5-3-8)14-6-1-7-15(11,12)13;1-2-4-5-3-1/h5-8,11-12,21H,2,9-10,13H2,1H3,(H,23,24,25);1,4-5,12H,6H2,2H3;2-5H,1,6-7H2,(H,11,12,13);1-4H2. The third-order valence-electron chi connectivity index (χ3n) is 7.51. The second kappa shape index (κ2) is 28.4. The van der Waals surface area contributed by atoms with E-state index in [1.165, 1.54) is 45.3 Å². The van der Waals surface area contributed by atoms with Crippen molar-refractivity contribution < 1.29 is 69.4 Å². The fourth-order valence-corrected chi connectivity index (χ4v) is 5.92. The van der Waals surface area contributed by atoms with Gasteiger partial charge in [0.1, 0.15) is 22.9 Å². The lowest BCUT2D eigenvalue weighted by atomic mass is 10.1. The Hall–Kier alpha value is -5.17. The Labute approximate surface area is 374 Å². The minimum Gasteiger partial charge on any atom is -0.494 e. The van der Waals surface area contributed by atoms with E-state index in [1.54, 1.807) is 30.3 Å². The van der Waals surface area contributed by atoms with Gasteiger partial charge in [-0.3, -0.25) is 9.11 Å². The van der Waals surface area contributed by atoms with E-state index in [-0.39, 0.29) is 62.2 Å². The highest BCUT2D eigenvalue weighted by molar-refractivity contribution is 14.1. The zero-order valence-corrected chi connectivity index (χ0v) is 37.6.